The molecule has 1 aliphatic carbocycles. The maximum absolute atomic E-state index is 10.1. The fourth-order valence-corrected chi connectivity index (χ4v) is 2.40. The molecular formula is C10H20NO2P. The number of likely N-dealkylation sites (N-methyl/N-ethyl adjacent to an activating group) is 1. The average Bonchev–Trinajstić information content (AvgIpc) is 2.26. The van der Waals surface area contributed by atoms with Crippen LogP contribution in [0.4, 0.5) is 0 Å². The van der Waals surface area contributed by atoms with E-state index in [0.717, 1.165) is 19.1 Å². The van der Waals surface area contributed by atoms with Gasteiger partial charge < -0.3 is 0 Å². The van der Waals surface area contributed by atoms with E-state index in [-0.39, 0.29) is 8.69 Å². The molecule has 1 aliphatic rings. The Morgan fingerprint density at radius 1 is 1.36 bits per heavy atom. The first-order valence-corrected chi connectivity index (χ1v) is 6.30. The number of hydrogen-bond acceptors (Lipinski definition) is 3. The van der Waals surface area contributed by atoms with Crippen molar-refractivity contribution in [2.75, 3.05) is 19.7 Å². The molecule has 1 rings (SSSR count). The molecule has 0 aliphatic heterocycles. The summed E-state index contributed by atoms with van der Waals surface area (Å²) >= 11 is 0. The van der Waals surface area contributed by atoms with Gasteiger partial charge >= 0.3 is 8.69 Å². The molecule has 0 bridgehead atoms. The summed E-state index contributed by atoms with van der Waals surface area (Å²) in [6.07, 6.45) is 6.76. The predicted molar refractivity (Wildman–Crippen MR) is 57.7 cm³/mol. The van der Waals surface area contributed by atoms with Crippen LogP contribution < -0.4 is 0 Å². The summed E-state index contributed by atoms with van der Waals surface area (Å²) in [5.41, 5.74) is 0. The van der Waals surface area contributed by atoms with E-state index in [2.05, 4.69) is 11.8 Å². The molecule has 0 N–H and O–H groups in total. The second-order valence-electron chi connectivity index (χ2n) is 3.83. The normalized spacial score (nSPS) is 19.3. The van der Waals surface area contributed by atoms with Crippen molar-refractivity contribution in [3.8, 4) is 0 Å². The molecule has 0 atom stereocenters. The van der Waals surface area contributed by atoms with E-state index in [1.807, 2.05) is 0 Å². The molecule has 0 aromatic carbocycles. The zero-order chi connectivity index (χ0) is 10.2. The first kappa shape index (κ1) is 12.1. The molecule has 14 heavy (non-hydrogen) atoms. The molecule has 0 heterocycles. The van der Waals surface area contributed by atoms with Gasteiger partial charge in [0, 0.05) is 12.6 Å². The van der Waals surface area contributed by atoms with Crippen LogP contribution in [0.15, 0.2) is 0 Å². The quantitative estimate of drug-likeness (QED) is 0.506. The largest absolute Gasteiger partial charge is 0.327 e. The van der Waals surface area contributed by atoms with E-state index >= 15 is 0 Å². The summed E-state index contributed by atoms with van der Waals surface area (Å²) in [5.74, 6) is 0. The molecular weight excluding hydrogens is 197 g/mol. The topological polar surface area (TPSA) is 29.5 Å². The summed E-state index contributed by atoms with van der Waals surface area (Å²) in [4.78, 5) is 2.45. The van der Waals surface area contributed by atoms with Crippen LogP contribution in [-0.4, -0.2) is 30.6 Å². The Hall–Kier alpha value is 0.0200. The highest BCUT2D eigenvalue weighted by atomic mass is 31.1. The van der Waals surface area contributed by atoms with Gasteiger partial charge in [0.1, 0.15) is 0 Å². The molecule has 0 aromatic rings. The van der Waals surface area contributed by atoms with Crippen molar-refractivity contribution in [1.29, 1.82) is 0 Å². The van der Waals surface area contributed by atoms with Crippen LogP contribution in [-0.2, 0) is 9.09 Å². The maximum Gasteiger partial charge on any atom is 0.327 e. The van der Waals surface area contributed by atoms with Crippen molar-refractivity contribution >= 4 is 8.69 Å². The van der Waals surface area contributed by atoms with Crippen molar-refractivity contribution in [2.24, 2.45) is 0 Å². The van der Waals surface area contributed by atoms with Gasteiger partial charge in [-0.3, -0.25) is 9.42 Å². The highest BCUT2D eigenvalue weighted by molar-refractivity contribution is 7.17. The fourth-order valence-electron chi connectivity index (χ4n) is 2.24. The van der Waals surface area contributed by atoms with Crippen molar-refractivity contribution in [2.45, 2.75) is 45.1 Å². The molecule has 4 heteroatoms. The lowest BCUT2D eigenvalue weighted by Gasteiger charge is -2.33. The third-order valence-corrected chi connectivity index (χ3v) is 3.31. The van der Waals surface area contributed by atoms with Crippen LogP contribution >= 0.6 is 8.69 Å². The van der Waals surface area contributed by atoms with Gasteiger partial charge in [-0.1, -0.05) is 26.2 Å². The Balaban J connectivity index is 2.24. The van der Waals surface area contributed by atoms with E-state index < -0.39 is 0 Å². The molecule has 1 fully saturated rings. The van der Waals surface area contributed by atoms with Crippen molar-refractivity contribution < 1.29 is 9.09 Å². The van der Waals surface area contributed by atoms with E-state index in [0.29, 0.717) is 6.61 Å². The van der Waals surface area contributed by atoms with E-state index in [1.54, 1.807) is 0 Å². The molecule has 82 valence electrons. The zero-order valence-corrected chi connectivity index (χ0v) is 9.84. The first-order valence-electron chi connectivity index (χ1n) is 5.57. The van der Waals surface area contributed by atoms with Crippen LogP contribution in [0, 0.1) is 0 Å². The van der Waals surface area contributed by atoms with Crippen LogP contribution in [0.3, 0.4) is 0 Å². The molecule has 0 aromatic heterocycles. The van der Waals surface area contributed by atoms with Gasteiger partial charge in [-0.25, -0.2) is 4.57 Å². The maximum atomic E-state index is 10.1. The molecule has 3 nitrogen and oxygen atoms in total. The van der Waals surface area contributed by atoms with Gasteiger partial charge in [-0.15, -0.1) is 0 Å². The van der Waals surface area contributed by atoms with Crippen molar-refractivity contribution in [1.82, 2.24) is 4.90 Å². The summed E-state index contributed by atoms with van der Waals surface area (Å²) in [6.45, 7) is 4.75. The Morgan fingerprint density at radius 2 is 2.07 bits per heavy atom. The minimum absolute atomic E-state index is 0.192. The molecule has 0 unspecified atom stereocenters. The summed E-state index contributed by atoms with van der Waals surface area (Å²) in [6, 6.07) is 0.737. The van der Waals surface area contributed by atoms with Gasteiger partial charge in [0.2, 0.25) is 0 Å². The fraction of sp³-hybridized carbons (Fsp3) is 1.00. The highest BCUT2D eigenvalue weighted by Crippen LogP contribution is 2.22. The Morgan fingerprint density at radius 3 is 2.64 bits per heavy atom. The van der Waals surface area contributed by atoms with Crippen molar-refractivity contribution in [3.63, 3.8) is 0 Å². The SMILES string of the molecule is CCN(CCOP=O)C1CCCCC1. The third-order valence-electron chi connectivity index (χ3n) is 3.02. The van der Waals surface area contributed by atoms with Gasteiger partial charge in [0.15, 0.2) is 0 Å². The Labute approximate surface area is 88.1 Å². The van der Waals surface area contributed by atoms with Crippen LogP contribution in [0.2, 0.25) is 0 Å². The minimum atomic E-state index is -0.192. The van der Waals surface area contributed by atoms with E-state index in [1.165, 1.54) is 32.1 Å². The van der Waals surface area contributed by atoms with Crippen molar-refractivity contribution in [3.05, 3.63) is 0 Å². The lowest BCUT2D eigenvalue weighted by Crippen LogP contribution is -2.38. The predicted octanol–water partition coefficient (Wildman–Crippen LogP) is 2.86. The van der Waals surface area contributed by atoms with Gasteiger partial charge in [-0.05, 0) is 19.4 Å². The Kier molecular flexibility index (Phi) is 6.33. The van der Waals surface area contributed by atoms with Gasteiger partial charge in [-0.2, -0.15) is 0 Å². The lowest BCUT2D eigenvalue weighted by atomic mass is 9.94. The van der Waals surface area contributed by atoms with Crippen LogP contribution in [0.5, 0.6) is 0 Å². The summed E-state index contributed by atoms with van der Waals surface area (Å²) < 4.78 is 14.9. The second-order valence-corrected chi connectivity index (χ2v) is 4.24. The highest BCUT2D eigenvalue weighted by Gasteiger charge is 2.19. The minimum Gasteiger partial charge on any atom is -0.298 e. The Bertz CT molecular complexity index is 160. The monoisotopic (exact) mass is 217 g/mol. The lowest BCUT2D eigenvalue weighted by molar-refractivity contribution is 0.140. The molecule has 0 amide bonds. The summed E-state index contributed by atoms with van der Waals surface area (Å²) in [7, 11) is -0.192. The van der Waals surface area contributed by atoms with Gasteiger partial charge in [0.25, 0.3) is 0 Å². The number of hydrogen-bond donors (Lipinski definition) is 0. The van der Waals surface area contributed by atoms with Gasteiger partial charge in [0.05, 0.1) is 6.61 Å². The third kappa shape index (κ3) is 4.04. The summed E-state index contributed by atoms with van der Waals surface area (Å²) in [5, 5.41) is 0. The van der Waals surface area contributed by atoms with Crippen LogP contribution in [0.1, 0.15) is 39.0 Å². The molecule has 0 saturated heterocycles. The first-order chi connectivity index (χ1) is 6.88. The second kappa shape index (κ2) is 7.33. The number of rotatable bonds is 6. The number of nitrogens with zero attached hydrogens (tertiary/aromatic N) is 1. The molecule has 0 spiro atoms. The average molecular weight is 217 g/mol. The molecule has 1 saturated carbocycles. The smallest absolute Gasteiger partial charge is 0.298 e. The van der Waals surface area contributed by atoms with Crippen LogP contribution in [0.25, 0.3) is 0 Å². The molecule has 0 radical (unpaired) electrons. The van der Waals surface area contributed by atoms with E-state index in [9.17, 15) is 4.57 Å². The van der Waals surface area contributed by atoms with E-state index in [4.69, 9.17) is 4.52 Å². The zero-order valence-electron chi connectivity index (χ0n) is 8.95. The standard InChI is InChI=1S/C10H20NO2P/c1-2-11(8-9-13-14-12)10-6-4-3-5-7-10/h10H,2-9H2,1H3.